The second-order valence-electron chi connectivity index (χ2n) is 7.59. The van der Waals surface area contributed by atoms with Crippen molar-refractivity contribution in [3.8, 4) is 0 Å². The molecule has 1 amide bonds. The van der Waals surface area contributed by atoms with Crippen LogP contribution in [0.25, 0.3) is 0 Å². The standard InChI is InChI=1S/C19H30N2O3/c1-19(2,3)24-18(23)21-11-10-16(12-17(21)14-22)20(4)13-15-8-6-5-7-9-15/h5-9,16-17,22H,10-14H2,1-4H3/t16-,17-/m0/s1. The molecule has 1 fully saturated rings. The first kappa shape index (κ1) is 18.7. The third kappa shape index (κ3) is 5.21. The van der Waals surface area contributed by atoms with Crippen LogP contribution in [0.2, 0.25) is 0 Å². The van der Waals surface area contributed by atoms with E-state index in [0.717, 1.165) is 19.4 Å². The Morgan fingerprint density at radius 1 is 1.33 bits per heavy atom. The van der Waals surface area contributed by atoms with Crippen molar-refractivity contribution in [3.63, 3.8) is 0 Å². The minimum absolute atomic E-state index is 0.0328. The van der Waals surface area contributed by atoms with Crippen molar-refractivity contribution in [2.75, 3.05) is 20.2 Å². The molecule has 0 unspecified atom stereocenters. The topological polar surface area (TPSA) is 53.0 Å². The van der Waals surface area contributed by atoms with Gasteiger partial charge in [-0.1, -0.05) is 30.3 Å². The molecule has 24 heavy (non-hydrogen) atoms. The van der Waals surface area contributed by atoms with Crippen LogP contribution in [0.5, 0.6) is 0 Å². The van der Waals surface area contributed by atoms with Gasteiger partial charge >= 0.3 is 6.09 Å². The van der Waals surface area contributed by atoms with Crippen molar-refractivity contribution in [3.05, 3.63) is 35.9 Å². The number of piperidine rings is 1. The normalized spacial score (nSPS) is 21.8. The van der Waals surface area contributed by atoms with E-state index < -0.39 is 5.60 Å². The van der Waals surface area contributed by atoms with Gasteiger partial charge in [0.15, 0.2) is 0 Å². The minimum atomic E-state index is -0.516. The lowest BCUT2D eigenvalue weighted by atomic mass is 9.96. The van der Waals surface area contributed by atoms with Gasteiger partial charge in [0.25, 0.3) is 0 Å². The molecule has 1 aromatic carbocycles. The molecule has 0 radical (unpaired) electrons. The maximum absolute atomic E-state index is 12.3. The van der Waals surface area contributed by atoms with Gasteiger partial charge in [-0.25, -0.2) is 4.79 Å². The van der Waals surface area contributed by atoms with Crippen LogP contribution in [-0.4, -0.2) is 58.9 Å². The van der Waals surface area contributed by atoms with Crippen molar-refractivity contribution in [1.82, 2.24) is 9.80 Å². The maximum Gasteiger partial charge on any atom is 0.410 e. The molecule has 1 aliphatic heterocycles. The zero-order valence-electron chi connectivity index (χ0n) is 15.2. The molecule has 5 nitrogen and oxygen atoms in total. The number of carbonyl (C=O) groups is 1. The summed E-state index contributed by atoms with van der Waals surface area (Å²) in [6.45, 7) is 7.03. The van der Waals surface area contributed by atoms with E-state index in [1.54, 1.807) is 4.90 Å². The second kappa shape index (κ2) is 7.99. The molecule has 134 valence electrons. The Morgan fingerprint density at radius 2 is 2.00 bits per heavy atom. The number of benzene rings is 1. The number of nitrogens with zero attached hydrogens (tertiary/aromatic N) is 2. The fourth-order valence-electron chi connectivity index (χ4n) is 3.16. The number of hydrogen-bond acceptors (Lipinski definition) is 4. The van der Waals surface area contributed by atoms with Gasteiger partial charge in [0.05, 0.1) is 12.6 Å². The number of aliphatic hydroxyl groups is 1. The minimum Gasteiger partial charge on any atom is -0.444 e. The summed E-state index contributed by atoms with van der Waals surface area (Å²) in [6, 6.07) is 10.5. The SMILES string of the molecule is CN(Cc1ccccc1)[C@H]1CCN(C(=O)OC(C)(C)C)[C@H](CO)C1. The number of carbonyl (C=O) groups excluding carboxylic acids is 1. The summed E-state index contributed by atoms with van der Waals surface area (Å²) in [6.07, 6.45) is 1.32. The predicted molar refractivity (Wildman–Crippen MR) is 94.7 cm³/mol. The Bertz CT molecular complexity index is 527. The molecule has 5 heteroatoms. The Labute approximate surface area is 145 Å². The van der Waals surface area contributed by atoms with E-state index in [-0.39, 0.29) is 18.7 Å². The number of rotatable bonds is 4. The average molecular weight is 334 g/mol. The summed E-state index contributed by atoms with van der Waals surface area (Å²) < 4.78 is 5.46. The maximum atomic E-state index is 12.3. The average Bonchev–Trinajstić information content (AvgIpc) is 2.53. The Morgan fingerprint density at radius 3 is 2.58 bits per heavy atom. The lowest BCUT2D eigenvalue weighted by molar-refractivity contribution is -0.00980. The van der Waals surface area contributed by atoms with Crippen LogP contribution in [0.3, 0.4) is 0 Å². The van der Waals surface area contributed by atoms with Gasteiger partial charge in [0.2, 0.25) is 0 Å². The molecule has 2 atom stereocenters. The first-order valence-electron chi connectivity index (χ1n) is 8.65. The summed E-state index contributed by atoms with van der Waals surface area (Å²) in [5.41, 5.74) is 0.757. The van der Waals surface area contributed by atoms with E-state index in [1.165, 1.54) is 5.56 Å². The largest absolute Gasteiger partial charge is 0.444 e. The van der Waals surface area contributed by atoms with E-state index in [9.17, 15) is 9.90 Å². The van der Waals surface area contributed by atoms with E-state index >= 15 is 0 Å². The highest BCUT2D eigenvalue weighted by atomic mass is 16.6. The molecular weight excluding hydrogens is 304 g/mol. The lowest BCUT2D eigenvalue weighted by Crippen LogP contribution is -2.53. The molecule has 0 saturated carbocycles. The van der Waals surface area contributed by atoms with Crippen LogP contribution >= 0.6 is 0 Å². The third-order valence-electron chi connectivity index (χ3n) is 4.43. The molecular formula is C19H30N2O3. The molecule has 1 aromatic rings. The quantitative estimate of drug-likeness (QED) is 0.920. The van der Waals surface area contributed by atoms with Gasteiger partial charge in [-0.15, -0.1) is 0 Å². The fourth-order valence-corrected chi connectivity index (χ4v) is 3.16. The van der Waals surface area contributed by atoms with Crippen molar-refractivity contribution in [2.45, 2.75) is 57.8 Å². The van der Waals surface area contributed by atoms with Gasteiger partial charge in [-0.05, 0) is 46.2 Å². The van der Waals surface area contributed by atoms with Gasteiger partial charge in [-0.2, -0.15) is 0 Å². The number of ether oxygens (including phenoxy) is 1. The summed E-state index contributed by atoms with van der Waals surface area (Å²) in [7, 11) is 2.11. The lowest BCUT2D eigenvalue weighted by Gasteiger charge is -2.42. The van der Waals surface area contributed by atoms with Crippen LogP contribution in [0.1, 0.15) is 39.2 Å². The predicted octanol–water partition coefficient (Wildman–Crippen LogP) is 2.88. The summed E-state index contributed by atoms with van der Waals surface area (Å²) in [5, 5.41) is 9.73. The van der Waals surface area contributed by atoms with Gasteiger partial charge in [0.1, 0.15) is 5.60 Å². The highest BCUT2D eigenvalue weighted by Crippen LogP contribution is 2.24. The molecule has 1 N–H and O–H groups in total. The zero-order chi connectivity index (χ0) is 17.7. The monoisotopic (exact) mass is 334 g/mol. The van der Waals surface area contributed by atoms with Crippen molar-refractivity contribution < 1.29 is 14.6 Å². The molecule has 2 rings (SSSR count). The van der Waals surface area contributed by atoms with Crippen molar-refractivity contribution in [1.29, 1.82) is 0 Å². The van der Waals surface area contributed by atoms with E-state index in [2.05, 4.69) is 24.1 Å². The van der Waals surface area contributed by atoms with Crippen molar-refractivity contribution >= 4 is 6.09 Å². The summed E-state index contributed by atoms with van der Waals surface area (Å²) in [4.78, 5) is 16.3. The van der Waals surface area contributed by atoms with Crippen LogP contribution < -0.4 is 0 Å². The number of aliphatic hydroxyl groups excluding tert-OH is 1. The van der Waals surface area contributed by atoms with E-state index in [1.807, 2.05) is 39.0 Å². The van der Waals surface area contributed by atoms with Crippen LogP contribution in [0.15, 0.2) is 30.3 Å². The smallest absolute Gasteiger partial charge is 0.410 e. The van der Waals surface area contributed by atoms with Crippen LogP contribution in [0.4, 0.5) is 4.79 Å². The summed E-state index contributed by atoms with van der Waals surface area (Å²) >= 11 is 0. The zero-order valence-corrected chi connectivity index (χ0v) is 15.2. The molecule has 0 bridgehead atoms. The van der Waals surface area contributed by atoms with E-state index in [0.29, 0.717) is 12.6 Å². The highest BCUT2D eigenvalue weighted by Gasteiger charge is 2.35. The highest BCUT2D eigenvalue weighted by molar-refractivity contribution is 5.68. The van der Waals surface area contributed by atoms with Crippen LogP contribution in [-0.2, 0) is 11.3 Å². The molecule has 1 aliphatic rings. The Hall–Kier alpha value is -1.59. The number of hydrogen-bond donors (Lipinski definition) is 1. The van der Waals surface area contributed by atoms with Gasteiger partial charge in [0, 0.05) is 19.1 Å². The molecule has 1 heterocycles. The first-order valence-corrected chi connectivity index (χ1v) is 8.65. The van der Waals surface area contributed by atoms with Crippen molar-refractivity contribution in [2.24, 2.45) is 0 Å². The molecule has 0 spiro atoms. The number of amides is 1. The van der Waals surface area contributed by atoms with Gasteiger partial charge in [-0.3, -0.25) is 4.90 Å². The molecule has 1 saturated heterocycles. The third-order valence-corrected chi connectivity index (χ3v) is 4.43. The molecule has 0 aliphatic carbocycles. The van der Waals surface area contributed by atoms with Crippen LogP contribution in [0, 0.1) is 0 Å². The fraction of sp³-hybridized carbons (Fsp3) is 0.632. The molecule has 0 aromatic heterocycles. The Kier molecular flexibility index (Phi) is 6.24. The van der Waals surface area contributed by atoms with E-state index in [4.69, 9.17) is 4.74 Å². The Balaban J connectivity index is 1.95. The number of likely N-dealkylation sites (tertiary alicyclic amines) is 1. The first-order chi connectivity index (χ1) is 11.3. The second-order valence-corrected chi connectivity index (χ2v) is 7.59. The van der Waals surface area contributed by atoms with Gasteiger partial charge < -0.3 is 14.7 Å². The summed E-state index contributed by atoms with van der Waals surface area (Å²) in [5.74, 6) is 0.